The molecule has 0 aromatic carbocycles. The number of ketones is 1. The second-order valence-corrected chi connectivity index (χ2v) is 2.96. The van der Waals surface area contributed by atoms with Crippen LogP contribution in [0.4, 0.5) is 0 Å². The molecule has 2 heteroatoms. The van der Waals surface area contributed by atoms with Crippen LogP contribution in [-0.4, -0.2) is 10.9 Å². The first-order valence-electron chi connectivity index (χ1n) is 4.15. The number of carbonyl (C=O) groups is 1. The number of carbonyl (C=O) groups excluding carboxylic acids is 1. The van der Waals surface area contributed by atoms with Gasteiger partial charge >= 0.3 is 0 Å². The van der Waals surface area contributed by atoms with Gasteiger partial charge in [-0.2, -0.15) is 0 Å². The molecule has 0 spiro atoms. The molecule has 0 fully saturated rings. The Morgan fingerprint density at radius 2 is 2.18 bits per heavy atom. The summed E-state index contributed by atoms with van der Waals surface area (Å²) in [6.07, 6.45) is 2.28. The molecule has 0 aromatic rings. The van der Waals surface area contributed by atoms with Crippen molar-refractivity contribution in [1.29, 1.82) is 0 Å². The molecule has 0 unspecified atom stereocenters. The first-order valence-corrected chi connectivity index (χ1v) is 4.15. The Balaban J connectivity index is 2.86. The van der Waals surface area contributed by atoms with E-state index in [2.05, 4.69) is 0 Å². The molecule has 1 aliphatic carbocycles. The van der Waals surface area contributed by atoms with Crippen LogP contribution in [0.1, 0.15) is 33.1 Å². The SMILES string of the molecule is CCC1=C(O)C(=O)C[C@@H]1CC. The molecule has 1 atom stereocenters. The van der Waals surface area contributed by atoms with Gasteiger partial charge in [-0.15, -0.1) is 0 Å². The van der Waals surface area contributed by atoms with Crippen molar-refractivity contribution in [3.05, 3.63) is 11.3 Å². The molecule has 2 nitrogen and oxygen atoms in total. The van der Waals surface area contributed by atoms with Gasteiger partial charge in [-0.05, 0) is 24.3 Å². The zero-order valence-corrected chi connectivity index (χ0v) is 7.05. The molecular formula is C9H14O2. The quantitative estimate of drug-likeness (QED) is 0.662. The summed E-state index contributed by atoms with van der Waals surface area (Å²) in [6.45, 7) is 4.03. The van der Waals surface area contributed by atoms with Crippen LogP contribution < -0.4 is 0 Å². The van der Waals surface area contributed by atoms with E-state index >= 15 is 0 Å². The maximum absolute atomic E-state index is 11.0. The highest BCUT2D eigenvalue weighted by atomic mass is 16.3. The lowest BCUT2D eigenvalue weighted by molar-refractivity contribution is -0.117. The summed E-state index contributed by atoms with van der Waals surface area (Å²) < 4.78 is 0. The molecule has 0 radical (unpaired) electrons. The van der Waals surface area contributed by atoms with Crippen LogP contribution >= 0.6 is 0 Å². The van der Waals surface area contributed by atoms with Crippen molar-refractivity contribution in [2.24, 2.45) is 5.92 Å². The van der Waals surface area contributed by atoms with E-state index in [1.165, 1.54) is 0 Å². The van der Waals surface area contributed by atoms with Gasteiger partial charge in [0.2, 0.25) is 0 Å². The van der Waals surface area contributed by atoms with E-state index in [1.54, 1.807) is 0 Å². The summed E-state index contributed by atoms with van der Waals surface area (Å²) in [4.78, 5) is 11.0. The van der Waals surface area contributed by atoms with Crippen molar-refractivity contribution in [3.63, 3.8) is 0 Å². The third-order valence-electron chi connectivity index (χ3n) is 2.37. The van der Waals surface area contributed by atoms with Gasteiger partial charge in [0.15, 0.2) is 11.5 Å². The van der Waals surface area contributed by atoms with Gasteiger partial charge in [-0.1, -0.05) is 13.8 Å². The smallest absolute Gasteiger partial charge is 0.197 e. The first kappa shape index (κ1) is 8.31. The van der Waals surface area contributed by atoms with E-state index in [0.717, 1.165) is 18.4 Å². The summed E-state index contributed by atoms with van der Waals surface area (Å²) in [5.74, 6) is 0.278. The lowest BCUT2D eigenvalue weighted by atomic mass is 9.97. The van der Waals surface area contributed by atoms with Crippen molar-refractivity contribution in [1.82, 2.24) is 0 Å². The first-order chi connectivity index (χ1) is 5.20. The maximum Gasteiger partial charge on any atom is 0.197 e. The Labute approximate surface area is 66.9 Å². The molecule has 0 heterocycles. The number of rotatable bonds is 2. The largest absolute Gasteiger partial charge is 0.504 e. The van der Waals surface area contributed by atoms with Crippen molar-refractivity contribution in [2.45, 2.75) is 33.1 Å². The molecule has 1 rings (SSSR count). The van der Waals surface area contributed by atoms with E-state index in [1.807, 2.05) is 13.8 Å². The second kappa shape index (κ2) is 3.07. The topological polar surface area (TPSA) is 37.3 Å². The minimum absolute atomic E-state index is 0.0411. The van der Waals surface area contributed by atoms with E-state index < -0.39 is 0 Å². The van der Waals surface area contributed by atoms with Crippen molar-refractivity contribution < 1.29 is 9.90 Å². The Bertz CT molecular complexity index is 204. The van der Waals surface area contributed by atoms with Crippen LogP contribution in [0.5, 0.6) is 0 Å². The molecule has 1 N–H and O–H groups in total. The molecular weight excluding hydrogens is 140 g/mol. The number of aliphatic hydroxyl groups is 1. The van der Waals surface area contributed by atoms with Crippen molar-refractivity contribution in [2.75, 3.05) is 0 Å². The molecule has 62 valence electrons. The Kier molecular flexibility index (Phi) is 2.32. The minimum atomic E-state index is -0.0753. The van der Waals surface area contributed by atoms with E-state index in [-0.39, 0.29) is 11.5 Å². The molecule has 0 bridgehead atoms. The van der Waals surface area contributed by atoms with E-state index in [4.69, 9.17) is 0 Å². The number of aliphatic hydroxyl groups excluding tert-OH is 1. The Morgan fingerprint density at radius 1 is 1.55 bits per heavy atom. The van der Waals surface area contributed by atoms with Gasteiger partial charge in [0.05, 0.1) is 0 Å². The van der Waals surface area contributed by atoms with Gasteiger partial charge in [0, 0.05) is 6.42 Å². The lowest BCUT2D eigenvalue weighted by Gasteiger charge is -2.07. The highest BCUT2D eigenvalue weighted by molar-refractivity contribution is 5.96. The molecule has 11 heavy (non-hydrogen) atoms. The predicted molar refractivity (Wildman–Crippen MR) is 43.4 cm³/mol. The third-order valence-corrected chi connectivity index (χ3v) is 2.37. The average molecular weight is 154 g/mol. The van der Waals surface area contributed by atoms with Crippen LogP contribution in [0.3, 0.4) is 0 Å². The highest BCUT2D eigenvalue weighted by Crippen LogP contribution is 2.32. The van der Waals surface area contributed by atoms with Crippen molar-refractivity contribution in [3.8, 4) is 0 Å². The van der Waals surface area contributed by atoms with E-state index in [9.17, 15) is 9.90 Å². The molecule has 0 aromatic heterocycles. The second-order valence-electron chi connectivity index (χ2n) is 2.96. The van der Waals surface area contributed by atoms with Gasteiger partial charge in [-0.25, -0.2) is 0 Å². The fraction of sp³-hybridized carbons (Fsp3) is 0.667. The number of Topliss-reactive ketones (excluding diaryl/α,β-unsaturated/α-hetero) is 1. The van der Waals surface area contributed by atoms with Gasteiger partial charge in [0.25, 0.3) is 0 Å². The molecule has 1 aliphatic rings. The van der Waals surface area contributed by atoms with Gasteiger partial charge < -0.3 is 5.11 Å². The summed E-state index contributed by atoms with van der Waals surface area (Å²) >= 11 is 0. The van der Waals surface area contributed by atoms with Crippen LogP contribution in [-0.2, 0) is 4.79 Å². The summed E-state index contributed by atoms with van der Waals surface area (Å²) in [5, 5.41) is 9.29. The summed E-state index contributed by atoms with van der Waals surface area (Å²) in [5.41, 5.74) is 0.956. The fourth-order valence-electron chi connectivity index (χ4n) is 1.66. The molecule has 0 saturated carbocycles. The Hall–Kier alpha value is -0.790. The molecule has 0 saturated heterocycles. The van der Waals surface area contributed by atoms with Crippen molar-refractivity contribution >= 4 is 5.78 Å². The minimum Gasteiger partial charge on any atom is -0.504 e. The standard InChI is InChI=1S/C9H14O2/c1-3-6-5-8(10)9(11)7(6)4-2/h6,11H,3-5H2,1-2H3/t6-/m0/s1. The van der Waals surface area contributed by atoms with Crippen LogP contribution in [0.2, 0.25) is 0 Å². The monoisotopic (exact) mass is 154 g/mol. The zero-order valence-electron chi connectivity index (χ0n) is 7.05. The van der Waals surface area contributed by atoms with Crippen LogP contribution in [0.15, 0.2) is 11.3 Å². The number of hydrogen-bond acceptors (Lipinski definition) is 2. The summed E-state index contributed by atoms with van der Waals surface area (Å²) in [6, 6.07) is 0. The Morgan fingerprint density at radius 3 is 2.55 bits per heavy atom. The number of hydrogen-bond donors (Lipinski definition) is 1. The average Bonchev–Trinajstić information content (AvgIpc) is 2.28. The van der Waals surface area contributed by atoms with Gasteiger partial charge in [0.1, 0.15) is 0 Å². The maximum atomic E-state index is 11.0. The molecule has 0 aliphatic heterocycles. The van der Waals surface area contributed by atoms with Gasteiger partial charge in [-0.3, -0.25) is 4.79 Å². The van der Waals surface area contributed by atoms with Crippen LogP contribution in [0, 0.1) is 5.92 Å². The normalized spacial score (nSPS) is 24.9. The van der Waals surface area contributed by atoms with E-state index in [0.29, 0.717) is 12.3 Å². The molecule has 0 amide bonds. The third kappa shape index (κ3) is 1.30. The highest BCUT2D eigenvalue weighted by Gasteiger charge is 2.29. The lowest BCUT2D eigenvalue weighted by Crippen LogP contribution is -1.97. The fourth-order valence-corrected chi connectivity index (χ4v) is 1.66. The number of allylic oxidation sites excluding steroid dienone is 2. The van der Waals surface area contributed by atoms with Crippen LogP contribution in [0.25, 0.3) is 0 Å². The zero-order chi connectivity index (χ0) is 8.43. The predicted octanol–water partition coefficient (Wildman–Crippen LogP) is 2.21. The summed E-state index contributed by atoms with van der Waals surface area (Å²) in [7, 11) is 0.